The quantitative estimate of drug-likeness (QED) is 0.687. The third-order valence-corrected chi connectivity index (χ3v) is 9.44. The Hall–Kier alpha value is -2.43. The number of benzene rings is 2. The molecule has 0 N–H and O–H groups in total. The van der Waals surface area contributed by atoms with Gasteiger partial charge in [-0.15, -0.1) is 0 Å². The summed E-state index contributed by atoms with van der Waals surface area (Å²) in [5.74, 6) is -0.724. The first-order valence-electron chi connectivity index (χ1n) is 10.1. The Bertz CT molecular complexity index is 1230. The molecule has 0 bridgehead atoms. The van der Waals surface area contributed by atoms with Gasteiger partial charge in [0.2, 0.25) is 26.0 Å². The second-order valence-electron chi connectivity index (χ2n) is 7.90. The van der Waals surface area contributed by atoms with Crippen LogP contribution >= 0.6 is 0 Å². The Morgan fingerprint density at radius 2 is 1.61 bits per heavy atom. The molecule has 4 rings (SSSR count). The van der Waals surface area contributed by atoms with Gasteiger partial charge in [-0.3, -0.25) is 4.79 Å². The number of sulfonamides is 2. The minimum atomic E-state index is -3.74. The van der Waals surface area contributed by atoms with Crippen molar-refractivity contribution in [1.29, 1.82) is 0 Å². The summed E-state index contributed by atoms with van der Waals surface area (Å²) in [5.41, 5.74) is 2.83. The third kappa shape index (κ3) is 4.07. The first kappa shape index (κ1) is 21.8. The summed E-state index contributed by atoms with van der Waals surface area (Å²) in [4.78, 5) is 14.3. The van der Waals surface area contributed by atoms with E-state index in [0.29, 0.717) is 31.7 Å². The fraction of sp³-hybridized carbons (Fsp3) is 0.381. The maximum absolute atomic E-state index is 13.2. The number of hydrogen-bond acceptors (Lipinski definition) is 6. The predicted molar refractivity (Wildman–Crippen MR) is 119 cm³/mol. The van der Waals surface area contributed by atoms with Crippen LogP contribution in [0.2, 0.25) is 0 Å². The highest BCUT2D eigenvalue weighted by molar-refractivity contribution is 7.94. The summed E-state index contributed by atoms with van der Waals surface area (Å²) in [5, 5.41) is 0. The van der Waals surface area contributed by atoms with E-state index in [2.05, 4.69) is 11.0 Å². The summed E-state index contributed by atoms with van der Waals surface area (Å²) in [6, 6.07) is 12.4. The largest absolute Gasteiger partial charge is 0.369 e. The number of carbonyl (C=O) groups excluding carboxylic acids is 1. The highest BCUT2D eigenvalue weighted by Crippen LogP contribution is 2.30. The Labute approximate surface area is 183 Å². The Morgan fingerprint density at radius 3 is 2.19 bits per heavy atom. The molecule has 166 valence electrons. The van der Waals surface area contributed by atoms with Gasteiger partial charge in [-0.25, -0.2) is 21.1 Å². The van der Waals surface area contributed by atoms with Crippen molar-refractivity contribution in [3.05, 3.63) is 53.6 Å². The molecule has 2 aliphatic heterocycles. The predicted octanol–water partition coefficient (Wildman–Crippen LogP) is 1.88. The summed E-state index contributed by atoms with van der Waals surface area (Å²) in [7, 11) is -7.43. The Balaban J connectivity index is 1.54. The third-order valence-electron chi connectivity index (χ3n) is 5.69. The molecular weight excluding hydrogens is 438 g/mol. The van der Waals surface area contributed by atoms with Crippen LogP contribution in [0, 0.1) is 13.8 Å². The maximum atomic E-state index is 13.2. The second-order valence-corrected chi connectivity index (χ2v) is 11.7. The van der Waals surface area contributed by atoms with Gasteiger partial charge < -0.3 is 4.90 Å². The summed E-state index contributed by atoms with van der Waals surface area (Å²) in [6.45, 7) is 5.53. The number of piperazine rings is 1. The second kappa shape index (κ2) is 7.92. The molecule has 31 heavy (non-hydrogen) atoms. The van der Waals surface area contributed by atoms with Crippen molar-refractivity contribution in [2.24, 2.45) is 0 Å². The van der Waals surface area contributed by atoms with Crippen molar-refractivity contribution < 1.29 is 21.6 Å². The van der Waals surface area contributed by atoms with E-state index in [9.17, 15) is 21.6 Å². The number of carbonyl (C=O) groups is 1. The molecule has 2 fully saturated rings. The van der Waals surface area contributed by atoms with Gasteiger partial charge in [-0.2, -0.15) is 4.31 Å². The van der Waals surface area contributed by atoms with Crippen LogP contribution in [0.5, 0.6) is 0 Å². The van der Waals surface area contributed by atoms with E-state index in [1.807, 2.05) is 25.1 Å². The lowest BCUT2D eigenvalue weighted by Crippen LogP contribution is -2.48. The molecule has 0 spiro atoms. The molecule has 0 aliphatic carbocycles. The molecule has 10 heteroatoms. The van der Waals surface area contributed by atoms with Gasteiger partial charge >= 0.3 is 0 Å². The Morgan fingerprint density at radius 1 is 0.903 bits per heavy atom. The lowest BCUT2D eigenvalue weighted by Gasteiger charge is -2.35. The summed E-state index contributed by atoms with van der Waals surface area (Å²) >= 11 is 0. The zero-order chi connectivity index (χ0) is 22.4. The van der Waals surface area contributed by atoms with Crippen molar-refractivity contribution in [3.63, 3.8) is 0 Å². The highest BCUT2D eigenvalue weighted by Gasteiger charge is 2.37. The normalized spacial score (nSPS) is 19.7. The number of nitrogens with zero attached hydrogens (tertiary/aromatic N) is 3. The SMILES string of the molecule is Cc1cccc(N2CCN(S(=O)(=O)c3ccc(N4C(=O)CCS4(=O)=O)cc3C)CC2)c1. The van der Waals surface area contributed by atoms with E-state index in [-0.39, 0.29) is 22.8 Å². The van der Waals surface area contributed by atoms with E-state index >= 15 is 0 Å². The molecule has 2 aromatic rings. The molecule has 0 aromatic heterocycles. The topological polar surface area (TPSA) is 95.1 Å². The van der Waals surface area contributed by atoms with Crippen LogP contribution in [0.1, 0.15) is 17.5 Å². The van der Waals surface area contributed by atoms with Gasteiger partial charge in [0.05, 0.1) is 16.3 Å². The standard InChI is InChI=1S/C21H25N3O5S2/c1-16-4-3-5-18(14-16)22-9-11-23(12-10-22)31(28,29)20-7-6-19(15-17(20)2)24-21(25)8-13-30(24,26)27/h3-7,14-15H,8-13H2,1-2H3. The van der Waals surface area contributed by atoms with Crippen LogP contribution in [0.15, 0.2) is 47.4 Å². The molecule has 0 saturated carbocycles. The lowest BCUT2D eigenvalue weighted by molar-refractivity contribution is -0.116. The van der Waals surface area contributed by atoms with Crippen LogP contribution in [0.25, 0.3) is 0 Å². The van der Waals surface area contributed by atoms with Crippen molar-refractivity contribution in [2.45, 2.75) is 25.2 Å². The molecule has 8 nitrogen and oxygen atoms in total. The number of amides is 1. The van der Waals surface area contributed by atoms with Crippen LogP contribution < -0.4 is 9.21 Å². The minimum Gasteiger partial charge on any atom is -0.369 e. The average molecular weight is 464 g/mol. The zero-order valence-electron chi connectivity index (χ0n) is 17.5. The molecule has 2 heterocycles. The van der Waals surface area contributed by atoms with Crippen molar-refractivity contribution in [3.8, 4) is 0 Å². The minimum absolute atomic E-state index is 0.0628. The van der Waals surface area contributed by atoms with E-state index in [1.54, 1.807) is 6.92 Å². The fourth-order valence-electron chi connectivity index (χ4n) is 4.07. The van der Waals surface area contributed by atoms with Crippen LogP contribution in [0.4, 0.5) is 11.4 Å². The molecule has 0 radical (unpaired) electrons. The molecular formula is C21H25N3O5S2. The van der Waals surface area contributed by atoms with Crippen LogP contribution in [0.3, 0.4) is 0 Å². The van der Waals surface area contributed by atoms with Gasteiger partial charge in [0.15, 0.2) is 0 Å². The molecule has 2 saturated heterocycles. The molecule has 1 amide bonds. The van der Waals surface area contributed by atoms with E-state index in [4.69, 9.17) is 0 Å². The first-order valence-corrected chi connectivity index (χ1v) is 13.1. The van der Waals surface area contributed by atoms with Crippen LogP contribution in [-0.2, 0) is 24.8 Å². The highest BCUT2D eigenvalue weighted by atomic mass is 32.2. The smallest absolute Gasteiger partial charge is 0.243 e. The molecule has 2 aromatic carbocycles. The van der Waals surface area contributed by atoms with Crippen molar-refractivity contribution in [1.82, 2.24) is 4.31 Å². The number of rotatable bonds is 4. The summed E-state index contributed by atoms with van der Waals surface area (Å²) in [6.07, 6.45) is -0.0628. The van der Waals surface area contributed by atoms with Gasteiger partial charge in [-0.05, 0) is 55.3 Å². The molecule has 0 atom stereocenters. The van der Waals surface area contributed by atoms with E-state index in [0.717, 1.165) is 15.6 Å². The molecule has 0 unspecified atom stereocenters. The summed E-state index contributed by atoms with van der Waals surface area (Å²) < 4.78 is 53.0. The van der Waals surface area contributed by atoms with Crippen LogP contribution in [-0.4, -0.2) is 59.0 Å². The monoisotopic (exact) mass is 463 g/mol. The maximum Gasteiger partial charge on any atom is 0.243 e. The lowest BCUT2D eigenvalue weighted by atomic mass is 10.2. The average Bonchev–Trinajstić information content (AvgIpc) is 3.00. The van der Waals surface area contributed by atoms with Gasteiger partial charge in [-0.1, -0.05) is 12.1 Å². The first-order chi connectivity index (χ1) is 14.6. The van der Waals surface area contributed by atoms with Crippen molar-refractivity contribution in [2.75, 3.05) is 41.1 Å². The van der Waals surface area contributed by atoms with Gasteiger partial charge in [0.1, 0.15) is 0 Å². The Kier molecular flexibility index (Phi) is 5.57. The zero-order valence-corrected chi connectivity index (χ0v) is 19.1. The van der Waals surface area contributed by atoms with Crippen molar-refractivity contribution >= 4 is 37.3 Å². The number of aryl methyl sites for hydroxylation is 2. The number of hydrogen-bond donors (Lipinski definition) is 0. The van der Waals surface area contributed by atoms with E-state index in [1.165, 1.54) is 22.5 Å². The van der Waals surface area contributed by atoms with Gasteiger partial charge in [0, 0.05) is 38.3 Å². The van der Waals surface area contributed by atoms with Gasteiger partial charge in [0.25, 0.3) is 0 Å². The fourth-order valence-corrected chi connectivity index (χ4v) is 7.15. The van der Waals surface area contributed by atoms with E-state index < -0.39 is 26.0 Å². The number of anilines is 2. The molecule has 2 aliphatic rings.